The number of nitrogens with zero attached hydrogens (tertiary/aromatic N) is 3. The minimum absolute atomic E-state index is 0.00765. The molecule has 0 aliphatic carbocycles. The molecule has 1 fully saturated rings. The quantitative estimate of drug-likeness (QED) is 0.0857. The van der Waals surface area contributed by atoms with Crippen molar-refractivity contribution in [3.63, 3.8) is 0 Å². The average molecular weight is 835 g/mol. The molecule has 0 radical (unpaired) electrons. The molecule has 2 aromatic carbocycles. The van der Waals surface area contributed by atoms with E-state index in [1.54, 1.807) is 26.5 Å². The third-order valence-corrected chi connectivity index (χ3v) is 12.7. The van der Waals surface area contributed by atoms with E-state index in [1.807, 2.05) is 66.5 Å². The number of hydrogen-bond donors (Lipinski definition) is 2. The number of aromatic nitrogens is 1. The van der Waals surface area contributed by atoms with Gasteiger partial charge < -0.3 is 29.5 Å². The minimum atomic E-state index is -0.938. The maximum Gasteiger partial charge on any atom is 0.306 e. The van der Waals surface area contributed by atoms with Gasteiger partial charge in [0.25, 0.3) is 5.91 Å². The Kier molecular flexibility index (Phi) is 19.0. The first kappa shape index (κ1) is 47.5. The summed E-state index contributed by atoms with van der Waals surface area (Å²) in [7, 11) is 5.14. The Labute approximate surface area is 355 Å². The molecule has 12 nitrogen and oxygen atoms in total. The highest BCUT2D eigenvalue weighted by Crippen LogP contribution is 2.34. The van der Waals surface area contributed by atoms with Crippen LogP contribution < -0.4 is 10.1 Å². The number of benzene rings is 2. The van der Waals surface area contributed by atoms with Gasteiger partial charge >= 0.3 is 5.97 Å². The van der Waals surface area contributed by atoms with Crippen LogP contribution in [-0.2, 0) is 36.8 Å². The predicted molar refractivity (Wildman–Crippen MR) is 230 cm³/mol. The van der Waals surface area contributed by atoms with Crippen LogP contribution in [0.2, 0.25) is 0 Å². The maximum absolute atomic E-state index is 15.1. The highest BCUT2D eigenvalue weighted by Gasteiger charge is 2.39. The van der Waals surface area contributed by atoms with Crippen LogP contribution in [0, 0.1) is 23.7 Å². The molecule has 2 N–H and O–H groups in total. The summed E-state index contributed by atoms with van der Waals surface area (Å²) in [6.45, 7) is 11.2. The van der Waals surface area contributed by atoms with E-state index < -0.39 is 35.9 Å². The summed E-state index contributed by atoms with van der Waals surface area (Å²) in [6.07, 6.45) is 4.25. The Bertz CT molecular complexity index is 1770. The Morgan fingerprint density at radius 2 is 1.69 bits per heavy atom. The van der Waals surface area contributed by atoms with Gasteiger partial charge in [0, 0.05) is 49.9 Å². The Balaban J connectivity index is 1.63. The molecule has 4 rings (SSSR count). The molecule has 1 aliphatic rings. The SMILES string of the molecule is CCC(C)C(CC(=O)C1CCCCN1C)C(=O)N(Cc1ccccc1)[C@H](C[C@@H](OCOC)c1nc(C(=O)N[C@@H](Cc2ccc(OC)cc2)C[C@H](C)C(=O)O)cs1)C(C)C. The highest BCUT2D eigenvalue weighted by molar-refractivity contribution is 7.09. The number of rotatable bonds is 24. The summed E-state index contributed by atoms with van der Waals surface area (Å²) in [5, 5.41) is 15.0. The molecular weight excluding hydrogens is 769 g/mol. The van der Waals surface area contributed by atoms with Crippen LogP contribution in [0.1, 0.15) is 112 Å². The molecule has 0 spiro atoms. The number of methoxy groups -OCH3 is 2. The number of carbonyl (C=O) groups excluding carboxylic acids is 3. The molecule has 1 aromatic heterocycles. The standard InChI is InChI=1S/C46H66N4O8S/c1-9-31(4)37(25-41(51)39-17-13-14-22-49(39)6)45(53)50(27-34-15-11-10-12-16-34)40(30(2)3)26-42(58-29-56-7)44-48-38(28-59-44)43(52)47-35(23-32(5)46(54)55)24-33-18-20-36(57-8)21-19-33/h10-12,15-16,18-21,28,30-32,35,37,39-40,42H,9,13-14,17,22-27,29H2,1-8H3,(H,47,52)(H,54,55)/t31?,32-,35+,37?,39?,40+,42+/m0/s1. The third kappa shape index (κ3) is 13.9. The van der Waals surface area contributed by atoms with Crippen LogP contribution in [0.15, 0.2) is 60.0 Å². The zero-order valence-electron chi connectivity index (χ0n) is 36.2. The van der Waals surface area contributed by atoms with E-state index in [9.17, 15) is 19.5 Å². The van der Waals surface area contributed by atoms with Crippen LogP contribution in [0.25, 0.3) is 0 Å². The molecule has 1 aliphatic heterocycles. The number of carbonyl (C=O) groups is 4. The van der Waals surface area contributed by atoms with Crippen LogP contribution >= 0.6 is 11.3 Å². The van der Waals surface area contributed by atoms with Gasteiger partial charge in [0.2, 0.25) is 5.91 Å². The number of likely N-dealkylation sites (tertiary alicyclic amines) is 1. The number of ketones is 1. The van der Waals surface area contributed by atoms with Gasteiger partial charge in [0.05, 0.1) is 19.1 Å². The van der Waals surface area contributed by atoms with Crippen molar-refractivity contribution in [2.24, 2.45) is 23.7 Å². The van der Waals surface area contributed by atoms with E-state index in [0.717, 1.165) is 43.4 Å². The third-order valence-electron chi connectivity index (χ3n) is 11.8. The van der Waals surface area contributed by atoms with E-state index in [2.05, 4.69) is 37.9 Å². The lowest BCUT2D eigenvalue weighted by Gasteiger charge is -2.40. The summed E-state index contributed by atoms with van der Waals surface area (Å²) >= 11 is 1.29. The molecule has 59 heavy (non-hydrogen) atoms. The van der Waals surface area contributed by atoms with Crippen molar-refractivity contribution in [2.45, 2.75) is 117 Å². The topological polar surface area (TPSA) is 148 Å². The van der Waals surface area contributed by atoms with Gasteiger partial charge in [0.15, 0.2) is 5.78 Å². The predicted octanol–water partition coefficient (Wildman–Crippen LogP) is 7.81. The van der Waals surface area contributed by atoms with E-state index >= 15 is 4.79 Å². The number of piperidine rings is 1. The molecule has 2 amide bonds. The molecule has 324 valence electrons. The first-order valence-corrected chi connectivity index (χ1v) is 21.9. The lowest BCUT2D eigenvalue weighted by atomic mass is 9.82. The number of carboxylic acids is 1. The average Bonchev–Trinajstić information content (AvgIpc) is 3.73. The molecule has 1 saturated heterocycles. The van der Waals surface area contributed by atoms with Crippen molar-refractivity contribution in [3.8, 4) is 5.75 Å². The molecule has 3 unspecified atom stereocenters. The fourth-order valence-corrected chi connectivity index (χ4v) is 8.80. The van der Waals surface area contributed by atoms with Gasteiger partial charge in [-0.05, 0) is 74.4 Å². The van der Waals surface area contributed by atoms with Crippen molar-refractivity contribution < 1.29 is 38.5 Å². The Morgan fingerprint density at radius 3 is 2.31 bits per heavy atom. The van der Waals surface area contributed by atoms with Gasteiger partial charge in [-0.2, -0.15) is 0 Å². The number of amides is 2. The number of Topliss-reactive ketones (excluding diaryl/α,β-unsaturated/α-hetero) is 1. The van der Waals surface area contributed by atoms with Crippen LogP contribution in [0.4, 0.5) is 0 Å². The number of aliphatic carboxylic acids is 1. The molecule has 3 aromatic rings. The number of hydrogen-bond acceptors (Lipinski definition) is 10. The van der Waals surface area contributed by atoms with Crippen molar-refractivity contribution in [1.29, 1.82) is 0 Å². The summed E-state index contributed by atoms with van der Waals surface area (Å²) in [4.78, 5) is 63.5. The number of likely N-dealkylation sites (N-methyl/N-ethyl adjacent to an activating group) is 1. The lowest BCUT2D eigenvalue weighted by molar-refractivity contribution is -0.146. The van der Waals surface area contributed by atoms with Crippen LogP contribution in [0.3, 0.4) is 0 Å². The second-order valence-electron chi connectivity index (χ2n) is 16.5. The fourth-order valence-electron chi connectivity index (χ4n) is 7.94. The molecule has 0 saturated carbocycles. The van der Waals surface area contributed by atoms with Crippen molar-refractivity contribution in [3.05, 3.63) is 81.8 Å². The molecule has 13 heteroatoms. The Hall–Kier alpha value is -4.17. The zero-order chi connectivity index (χ0) is 43.1. The number of ether oxygens (including phenoxy) is 3. The normalized spacial score (nSPS) is 17.7. The second kappa shape index (κ2) is 23.6. The van der Waals surface area contributed by atoms with Crippen molar-refractivity contribution in [2.75, 3.05) is 34.6 Å². The summed E-state index contributed by atoms with van der Waals surface area (Å²) in [6, 6.07) is 16.4. The first-order valence-electron chi connectivity index (χ1n) is 21.1. The fraction of sp³-hybridized carbons (Fsp3) is 0.587. The summed E-state index contributed by atoms with van der Waals surface area (Å²) < 4.78 is 16.9. The first-order chi connectivity index (χ1) is 28.3. The van der Waals surface area contributed by atoms with Gasteiger partial charge in [-0.3, -0.25) is 24.1 Å². The Morgan fingerprint density at radius 1 is 0.983 bits per heavy atom. The van der Waals surface area contributed by atoms with E-state index in [0.29, 0.717) is 30.1 Å². The van der Waals surface area contributed by atoms with Gasteiger partial charge in [-0.15, -0.1) is 11.3 Å². The molecular formula is C46H66N4O8S. The van der Waals surface area contributed by atoms with Gasteiger partial charge in [0.1, 0.15) is 29.3 Å². The van der Waals surface area contributed by atoms with E-state index in [4.69, 9.17) is 19.2 Å². The van der Waals surface area contributed by atoms with Crippen LogP contribution in [-0.4, -0.2) is 96.2 Å². The van der Waals surface area contributed by atoms with Gasteiger partial charge in [-0.25, -0.2) is 4.98 Å². The van der Waals surface area contributed by atoms with Crippen molar-refractivity contribution in [1.82, 2.24) is 20.1 Å². The maximum atomic E-state index is 15.1. The molecule has 7 atom stereocenters. The largest absolute Gasteiger partial charge is 0.497 e. The second-order valence-corrected chi connectivity index (χ2v) is 17.4. The number of nitrogens with one attached hydrogen (secondary N) is 1. The molecule has 0 bridgehead atoms. The monoisotopic (exact) mass is 834 g/mol. The van der Waals surface area contributed by atoms with E-state index in [1.165, 1.54) is 11.3 Å². The number of thiazole rings is 1. The van der Waals surface area contributed by atoms with E-state index in [-0.39, 0.29) is 60.9 Å². The van der Waals surface area contributed by atoms with Crippen molar-refractivity contribution >= 4 is 34.9 Å². The highest BCUT2D eigenvalue weighted by atomic mass is 32.1. The van der Waals surface area contributed by atoms with Gasteiger partial charge in [-0.1, -0.05) is 89.9 Å². The number of carboxylic acid groups (broad SMARTS) is 1. The summed E-state index contributed by atoms with van der Waals surface area (Å²) in [5.74, 6) is -1.76. The summed E-state index contributed by atoms with van der Waals surface area (Å²) in [5.41, 5.74) is 2.10. The van der Waals surface area contributed by atoms with Crippen LogP contribution in [0.5, 0.6) is 5.75 Å². The minimum Gasteiger partial charge on any atom is -0.497 e. The lowest BCUT2D eigenvalue weighted by Crippen LogP contribution is -2.49. The smallest absolute Gasteiger partial charge is 0.306 e. The zero-order valence-corrected chi connectivity index (χ0v) is 37.0. The molecule has 2 heterocycles.